The molecule has 10 heteroatoms. The van der Waals surface area contributed by atoms with Crippen molar-refractivity contribution in [2.45, 2.75) is 87.0 Å². The van der Waals surface area contributed by atoms with Gasteiger partial charge in [-0.25, -0.2) is 13.2 Å². The number of hydrogen-bond donors (Lipinski definition) is 3. The molecule has 1 amide bonds. The van der Waals surface area contributed by atoms with Gasteiger partial charge in [0.2, 0.25) is 9.84 Å². The van der Waals surface area contributed by atoms with Crippen molar-refractivity contribution >= 4 is 15.9 Å². The van der Waals surface area contributed by atoms with Crippen LogP contribution in [-0.4, -0.2) is 56.1 Å². The molecule has 1 aliphatic rings. The van der Waals surface area contributed by atoms with Crippen molar-refractivity contribution in [2.75, 3.05) is 13.7 Å². The summed E-state index contributed by atoms with van der Waals surface area (Å²) in [5.74, 6) is 0.583. The van der Waals surface area contributed by atoms with Crippen LogP contribution in [0.1, 0.15) is 58.4 Å². The summed E-state index contributed by atoms with van der Waals surface area (Å²) < 4.78 is 44.7. The molecule has 1 saturated carbocycles. The number of nitrogens with two attached hydrogens (primary N) is 1. The van der Waals surface area contributed by atoms with E-state index in [2.05, 4.69) is 5.32 Å². The minimum Gasteiger partial charge on any atom is -0.497 e. The van der Waals surface area contributed by atoms with Crippen molar-refractivity contribution in [3.63, 3.8) is 0 Å². The molecule has 9 nitrogen and oxygen atoms in total. The van der Waals surface area contributed by atoms with E-state index in [1.54, 1.807) is 20.8 Å². The summed E-state index contributed by atoms with van der Waals surface area (Å²) in [5, 5.41) is 11.8. The second-order valence-corrected chi connectivity index (χ2v) is 13.2. The van der Waals surface area contributed by atoms with Crippen LogP contribution >= 0.6 is 0 Å². The molecule has 0 spiro atoms. The van der Waals surface area contributed by atoms with Crippen LogP contribution in [0.3, 0.4) is 0 Å². The fourth-order valence-corrected chi connectivity index (χ4v) is 6.28. The van der Waals surface area contributed by atoms with E-state index in [9.17, 15) is 18.3 Å². The zero-order chi connectivity index (χ0) is 28.7. The molecule has 0 aromatic heterocycles. The highest BCUT2D eigenvalue weighted by molar-refractivity contribution is 7.92. The molecule has 2 aromatic rings. The Morgan fingerprint density at radius 1 is 1.05 bits per heavy atom. The third-order valence-electron chi connectivity index (χ3n) is 6.85. The lowest BCUT2D eigenvalue weighted by Gasteiger charge is -2.39. The number of carbonyl (C=O) groups excluding carboxylic acids is 1. The van der Waals surface area contributed by atoms with Crippen LogP contribution in [0.15, 0.2) is 59.5 Å². The summed E-state index contributed by atoms with van der Waals surface area (Å²) in [4.78, 5) is 12.7. The highest BCUT2D eigenvalue weighted by Gasteiger charge is 2.52. The predicted octanol–water partition coefficient (Wildman–Crippen LogP) is 4.18. The molecule has 2 aromatic carbocycles. The lowest BCUT2D eigenvalue weighted by molar-refractivity contribution is -0.0909. The molecule has 1 aliphatic carbocycles. The van der Waals surface area contributed by atoms with Crippen molar-refractivity contribution in [2.24, 2.45) is 11.7 Å². The van der Waals surface area contributed by atoms with Crippen molar-refractivity contribution in [3.8, 4) is 5.75 Å². The Labute approximate surface area is 231 Å². The number of sulfone groups is 1. The van der Waals surface area contributed by atoms with E-state index in [-0.39, 0.29) is 23.8 Å². The lowest BCUT2D eigenvalue weighted by Crippen LogP contribution is -2.66. The van der Waals surface area contributed by atoms with Crippen LogP contribution < -0.4 is 15.8 Å². The van der Waals surface area contributed by atoms with Gasteiger partial charge < -0.3 is 24.6 Å². The maximum absolute atomic E-state index is 14.0. The van der Waals surface area contributed by atoms with Crippen LogP contribution in [0.25, 0.3) is 0 Å². The van der Waals surface area contributed by atoms with Crippen LogP contribution in [0.2, 0.25) is 0 Å². The predicted molar refractivity (Wildman–Crippen MR) is 149 cm³/mol. The molecule has 0 bridgehead atoms. The Balaban J connectivity index is 2.00. The Morgan fingerprint density at radius 3 is 2.23 bits per heavy atom. The second-order valence-electron chi connectivity index (χ2n) is 11.1. The van der Waals surface area contributed by atoms with Gasteiger partial charge in [-0.3, -0.25) is 5.73 Å². The highest BCUT2D eigenvalue weighted by atomic mass is 32.2. The quantitative estimate of drug-likeness (QED) is 0.347. The topological polar surface area (TPSA) is 137 Å². The van der Waals surface area contributed by atoms with Gasteiger partial charge in [0.05, 0.1) is 24.7 Å². The lowest BCUT2D eigenvalue weighted by atomic mass is 9.90. The molecule has 0 heterocycles. The number of aliphatic hydroxyl groups excluding tert-OH is 1. The SMILES string of the molecule is COc1ccc(S(=O)(=O)C(N)(OCC2CCCCC2)[C@H](O)[C@H](Cc2ccccc2)NC(=O)OC(C)(C)C)cc1. The van der Waals surface area contributed by atoms with Gasteiger partial charge in [0.15, 0.2) is 0 Å². The van der Waals surface area contributed by atoms with Crippen LogP contribution in [0.4, 0.5) is 4.79 Å². The van der Waals surface area contributed by atoms with Gasteiger partial charge in [-0.2, -0.15) is 0 Å². The first kappa shape index (κ1) is 30.9. The molecule has 0 aliphatic heterocycles. The molecule has 3 atom stereocenters. The maximum atomic E-state index is 14.0. The average Bonchev–Trinajstić information content (AvgIpc) is 2.91. The summed E-state index contributed by atoms with van der Waals surface area (Å²) in [6.07, 6.45) is 2.38. The Morgan fingerprint density at radius 2 is 1.67 bits per heavy atom. The van der Waals surface area contributed by atoms with Gasteiger partial charge >= 0.3 is 6.09 Å². The molecule has 3 rings (SSSR count). The van der Waals surface area contributed by atoms with Crippen LogP contribution in [0.5, 0.6) is 5.75 Å². The third kappa shape index (κ3) is 8.17. The first-order valence-corrected chi connectivity index (χ1v) is 14.9. The van der Waals surface area contributed by atoms with E-state index >= 15 is 0 Å². The average molecular weight is 563 g/mol. The minimum atomic E-state index is -4.48. The third-order valence-corrected chi connectivity index (χ3v) is 8.95. The van der Waals surface area contributed by atoms with Crippen molar-refractivity contribution < 1.29 is 32.5 Å². The summed E-state index contributed by atoms with van der Waals surface area (Å²) in [7, 11) is -3.00. The van der Waals surface area contributed by atoms with Gasteiger partial charge in [-0.1, -0.05) is 49.6 Å². The zero-order valence-corrected chi connectivity index (χ0v) is 24.1. The van der Waals surface area contributed by atoms with Crippen LogP contribution in [0, 0.1) is 5.92 Å². The number of hydrogen-bond acceptors (Lipinski definition) is 8. The van der Waals surface area contributed by atoms with Crippen molar-refractivity contribution in [1.82, 2.24) is 5.32 Å². The van der Waals surface area contributed by atoms with E-state index < -0.39 is 38.7 Å². The molecule has 1 unspecified atom stereocenters. The fraction of sp³-hybridized carbons (Fsp3) is 0.552. The van der Waals surface area contributed by atoms with E-state index in [4.69, 9.17) is 19.9 Å². The normalized spacial score (nSPS) is 18.0. The van der Waals surface area contributed by atoms with Gasteiger partial charge in [0, 0.05) is 0 Å². The number of carbonyl (C=O) groups is 1. The standard InChI is InChI=1S/C29H42N2O7S/c1-28(2,3)38-27(33)31-25(19-21-11-7-5-8-12-21)26(32)29(30,37-20-22-13-9-6-10-14-22)39(34,35)24-17-15-23(36-4)16-18-24/h5,7-8,11-12,15-18,22,25-26,32H,6,9-10,13-14,19-20,30H2,1-4H3,(H,31,33)/t25-,26+,29?/m0/s1. The van der Waals surface area contributed by atoms with E-state index in [0.717, 1.165) is 37.7 Å². The monoisotopic (exact) mass is 562 g/mol. The Bertz CT molecular complexity index is 1160. The number of benzene rings is 2. The van der Waals surface area contributed by atoms with E-state index in [1.807, 2.05) is 30.3 Å². The fourth-order valence-electron chi connectivity index (χ4n) is 4.71. The van der Waals surface area contributed by atoms with Crippen LogP contribution in [-0.2, 0) is 25.7 Å². The number of alkyl carbamates (subject to hydrolysis) is 1. The molecule has 1 fully saturated rings. The van der Waals surface area contributed by atoms with Gasteiger partial charge in [-0.05, 0) is 75.8 Å². The summed E-state index contributed by atoms with van der Waals surface area (Å²) >= 11 is 0. The van der Waals surface area contributed by atoms with Gasteiger partial charge in [-0.15, -0.1) is 0 Å². The Hall–Kier alpha value is -2.66. The second kappa shape index (κ2) is 13.1. The summed E-state index contributed by atoms with van der Waals surface area (Å²) in [6.45, 7) is 5.20. The number of ether oxygens (including phenoxy) is 3. The number of aliphatic hydroxyl groups is 1. The van der Waals surface area contributed by atoms with E-state index in [1.165, 1.54) is 31.4 Å². The number of amides is 1. The molecule has 4 N–H and O–H groups in total. The maximum Gasteiger partial charge on any atom is 0.407 e. The molecular weight excluding hydrogens is 520 g/mol. The largest absolute Gasteiger partial charge is 0.497 e. The highest BCUT2D eigenvalue weighted by Crippen LogP contribution is 2.32. The number of nitrogens with one attached hydrogen (secondary N) is 1. The molecule has 39 heavy (non-hydrogen) atoms. The first-order valence-electron chi connectivity index (χ1n) is 13.4. The smallest absolute Gasteiger partial charge is 0.407 e. The number of rotatable bonds is 11. The van der Waals surface area contributed by atoms with Gasteiger partial charge in [0.1, 0.15) is 17.5 Å². The minimum absolute atomic E-state index is 0.0629. The Kier molecular flexibility index (Phi) is 10.4. The van der Waals surface area contributed by atoms with Gasteiger partial charge in [0.25, 0.3) is 5.06 Å². The van der Waals surface area contributed by atoms with E-state index in [0.29, 0.717) is 5.75 Å². The summed E-state index contributed by atoms with van der Waals surface area (Å²) in [6, 6.07) is 13.7. The number of methoxy groups -OCH3 is 1. The van der Waals surface area contributed by atoms with Crippen molar-refractivity contribution in [3.05, 3.63) is 60.2 Å². The van der Waals surface area contributed by atoms with Crippen molar-refractivity contribution in [1.29, 1.82) is 0 Å². The molecule has 216 valence electrons. The zero-order valence-electron chi connectivity index (χ0n) is 23.3. The molecular formula is C29H42N2O7S. The molecule has 0 radical (unpaired) electrons. The first-order chi connectivity index (χ1) is 18.4. The summed E-state index contributed by atoms with van der Waals surface area (Å²) in [5.41, 5.74) is 6.56. The molecule has 0 saturated heterocycles.